The van der Waals surface area contributed by atoms with Gasteiger partial charge in [0.15, 0.2) is 11.5 Å². The van der Waals surface area contributed by atoms with E-state index in [1.165, 1.54) is 24.5 Å². The van der Waals surface area contributed by atoms with E-state index in [0.29, 0.717) is 23.5 Å². The van der Waals surface area contributed by atoms with Crippen LogP contribution in [0.4, 0.5) is 8.78 Å². The molecule has 3 aromatic rings. The maximum absolute atomic E-state index is 12.5. The molecule has 0 saturated heterocycles. The molecule has 3 rings (SSSR count). The van der Waals surface area contributed by atoms with Gasteiger partial charge in [0, 0.05) is 12.1 Å². The summed E-state index contributed by atoms with van der Waals surface area (Å²) in [5.74, 6) is -0.0105. The fraction of sp³-hybridized carbons (Fsp3) is 0.238. The second-order valence-electron chi connectivity index (χ2n) is 6.17. The van der Waals surface area contributed by atoms with E-state index in [4.69, 9.17) is 4.74 Å². The number of hydrogen-bond acceptors (Lipinski definition) is 5. The predicted octanol–water partition coefficient (Wildman–Crippen LogP) is 4.70. The van der Waals surface area contributed by atoms with E-state index in [9.17, 15) is 13.6 Å². The largest absolute Gasteiger partial charge is 0.493 e. The van der Waals surface area contributed by atoms with Crippen molar-refractivity contribution >= 4 is 17.2 Å². The summed E-state index contributed by atoms with van der Waals surface area (Å²) < 4.78 is 34.6. The number of hydrogen-bond donors (Lipinski definition) is 1. The highest BCUT2D eigenvalue weighted by molar-refractivity contribution is 7.17. The third-order valence-electron chi connectivity index (χ3n) is 4.17. The minimum Gasteiger partial charge on any atom is -0.493 e. The number of rotatable bonds is 8. The highest BCUT2D eigenvalue weighted by Crippen LogP contribution is 2.30. The Bertz CT molecular complexity index is 977. The van der Waals surface area contributed by atoms with Gasteiger partial charge in [-0.3, -0.25) is 4.79 Å². The van der Waals surface area contributed by atoms with E-state index in [-0.39, 0.29) is 17.4 Å². The first-order valence-corrected chi connectivity index (χ1v) is 9.72. The molecule has 0 aliphatic carbocycles. The predicted molar refractivity (Wildman–Crippen MR) is 108 cm³/mol. The van der Waals surface area contributed by atoms with Crippen LogP contribution in [0.5, 0.6) is 11.5 Å². The van der Waals surface area contributed by atoms with Crippen molar-refractivity contribution in [2.45, 2.75) is 20.0 Å². The number of alkyl halides is 2. The van der Waals surface area contributed by atoms with Crippen molar-refractivity contribution in [3.8, 4) is 22.1 Å². The summed E-state index contributed by atoms with van der Waals surface area (Å²) in [7, 11) is 1.38. The molecule has 2 aromatic carbocycles. The molecule has 0 radical (unpaired) electrons. The van der Waals surface area contributed by atoms with Crippen molar-refractivity contribution in [2.24, 2.45) is 0 Å². The first kappa shape index (κ1) is 20.7. The van der Waals surface area contributed by atoms with Crippen molar-refractivity contribution < 1.29 is 23.0 Å². The smallest absolute Gasteiger partial charge is 0.387 e. The van der Waals surface area contributed by atoms with E-state index < -0.39 is 6.61 Å². The average Bonchev–Trinajstić information content (AvgIpc) is 3.10. The zero-order valence-electron chi connectivity index (χ0n) is 15.9. The van der Waals surface area contributed by atoms with Gasteiger partial charge in [-0.05, 0) is 31.0 Å². The summed E-state index contributed by atoms with van der Waals surface area (Å²) >= 11 is 1.34. The number of benzene rings is 2. The van der Waals surface area contributed by atoms with Crippen LogP contribution in [0, 0.1) is 6.92 Å². The number of aromatic nitrogens is 1. The lowest BCUT2D eigenvalue weighted by molar-refractivity contribution is -0.0512. The topological polar surface area (TPSA) is 60.5 Å². The van der Waals surface area contributed by atoms with Gasteiger partial charge in [-0.25, -0.2) is 4.98 Å². The summed E-state index contributed by atoms with van der Waals surface area (Å²) in [6.45, 7) is -0.793. The molecule has 0 aliphatic heterocycles. The SMILES string of the molecule is COc1ccc(CCNC(=O)c2sc(-c3ccccc3)nc2C)cc1OC(F)F. The average molecular weight is 418 g/mol. The Morgan fingerprint density at radius 1 is 1.17 bits per heavy atom. The van der Waals surface area contributed by atoms with Gasteiger partial charge in [-0.2, -0.15) is 8.78 Å². The Hall–Kier alpha value is -3.00. The summed E-state index contributed by atoms with van der Waals surface area (Å²) in [5, 5.41) is 3.64. The van der Waals surface area contributed by atoms with Crippen molar-refractivity contribution in [2.75, 3.05) is 13.7 Å². The molecule has 8 heteroatoms. The zero-order valence-corrected chi connectivity index (χ0v) is 16.8. The van der Waals surface area contributed by atoms with Crippen LogP contribution in [0.1, 0.15) is 20.9 Å². The van der Waals surface area contributed by atoms with Crippen LogP contribution in [-0.2, 0) is 6.42 Å². The molecule has 1 N–H and O–H groups in total. The van der Waals surface area contributed by atoms with Crippen LogP contribution in [0.2, 0.25) is 0 Å². The van der Waals surface area contributed by atoms with E-state index in [1.54, 1.807) is 19.1 Å². The lowest BCUT2D eigenvalue weighted by Crippen LogP contribution is -2.25. The number of thiazole rings is 1. The molecule has 29 heavy (non-hydrogen) atoms. The summed E-state index contributed by atoms with van der Waals surface area (Å²) in [4.78, 5) is 17.6. The third-order valence-corrected chi connectivity index (χ3v) is 5.37. The Balaban J connectivity index is 1.62. The normalized spacial score (nSPS) is 10.8. The number of methoxy groups -OCH3 is 1. The molecule has 0 saturated carbocycles. The van der Waals surface area contributed by atoms with Crippen molar-refractivity contribution in [1.82, 2.24) is 10.3 Å². The zero-order chi connectivity index (χ0) is 20.8. The molecular formula is C21H20F2N2O3S. The van der Waals surface area contributed by atoms with E-state index in [1.807, 2.05) is 30.3 Å². The van der Waals surface area contributed by atoms with Crippen LogP contribution >= 0.6 is 11.3 Å². The lowest BCUT2D eigenvalue weighted by atomic mass is 10.1. The van der Waals surface area contributed by atoms with Gasteiger partial charge in [-0.1, -0.05) is 36.4 Å². The van der Waals surface area contributed by atoms with Gasteiger partial charge < -0.3 is 14.8 Å². The van der Waals surface area contributed by atoms with Crippen molar-refractivity contribution in [3.05, 3.63) is 64.7 Å². The molecule has 1 heterocycles. The monoisotopic (exact) mass is 418 g/mol. The molecular weight excluding hydrogens is 398 g/mol. The number of aryl methyl sites for hydroxylation is 1. The van der Waals surface area contributed by atoms with Crippen LogP contribution in [-0.4, -0.2) is 31.2 Å². The number of halogens is 2. The molecule has 0 unspecified atom stereocenters. The Morgan fingerprint density at radius 3 is 2.62 bits per heavy atom. The Morgan fingerprint density at radius 2 is 1.93 bits per heavy atom. The van der Waals surface area contributed by atoms with E-state index in [0.717, 1.165) is 16.1 Å². The van der Waals surface area contributed by atoms with Crippen LogP contribution < -0.4 is 14.8 Å². The Labute approximate surface area is 171 Å². The summed E-state index contributed by atoms with van der Waals surface area (Å²) in [5.41, 5.74) is 2.38. The molecule has 1 aromatic heterocycles. The fourth-order valence-electron chi connectivity index (χ4n) is 2.78. The second-order valence-corrected chi connectivity index (χ2v) is 7.17. The maximum Gasteiger partial charge on any atom is 0.387 e. The molecule has 1 amide bonds. The third kappa shape index (κ3) is 5.29. The van der Waals surface area contributed by atoms with Gasteiger partial charge in [0.25, 0.3) is 5.91 Å². The molecule has 0 atom stereocenters. The van der Waals surface area contributed by atoms with Gasteiger partial charge in [0.2, 0.25) is 0 Å². The number of ether oxygens (including phenoxy) is 2. The van der Waals surface area contributed by atoms with Gasteiger partial charge in [0.1, 0.15) is 9.88 Å². The molecule has 0 bridgehead atoms. The van der Waals surface area contributed by atoms with Crippen LogP contribution in [0.25, 0.3) is 10.6 Å². The highest BCUT2D eigenvalue weighted by Gasteiger charge is 2.16. The maximum atomic E-state index is 12.5. The minimum atomic E-state index is -2.94. The van der Waals surface area contributed by atoms with E-state index >= 15 is 0 Å². The number of nitrogens with zero attached hydrogens (tertiary/aromatic N) is 1. The first-order valence-electron chi connectivity index (χ1n) is 8.90. The molecule has 0 spiro atoms. The van der Waals surface area contributed by atoms with Gasteiger partial charge in [-0.15, -0.1) is 11.3 Å². The second kappa shape index (κ2) is 9.47. The van der Waals surface area contributed by atoms with Crippen LogP contribution in [0.3, 0.4) is 0 Å². The highest BCUT2D eigenvalue weighted by atomic mass is 32.1. The van der Waals surface area contributed by atoms with E-state index in [2.05, 4.69) is 15.0 Å². The van der Waals surface area contributed by atoms with Crippen LogP contribution in [0.15, 0.2) is 48.5 Å². The minimum absolute atomic E-state index is 0.0304. The number of amides is 1. The van der Waals surface area contributed by atoms with Crippen molar-refractivity contribution in [3.63, 3.8) is 0 Å². The Kier molecular flexibility index (Phi) is 6.77. The molecule has 0 aliphatic rings. The summed E-state index contributed by atoms with van der Waals surface area (Å²) in [6, 6.07) is 14.5. The quantitative estimate of drug-likeness (QED) is 0.576. The van der Waals surface area contributed by atoms with Crippen molar-refractivity contribution in [1.29, 1.82) is 0 Å². The first-order chi connectivity index (χ1) is 14.0. The molecule has 152 valence electrons. The fourth-order valence-corrected chi connectivity index (χ4v) is 3.76. The standard InChI is InChI=1S/C21H20F2N2O3S/c1-13-18(29-20(25-13)15-6-4-3-5-7-15)19(26)24-11-10-14-8-9-16(27-2)17(12-14)28-21(22)23/h3-9,12,21H,10-11H2,1-2H3,(H,24,26). The number of carbonyl (C=O) groups excluding carboxylic acids is 1. The number of nitrogens with one attached hydrogen (secondary N) is 1. The molecule has 5 nitrogen and oxygen atoms in total. The summed E-state index contributed by atoms with van der Waals surface area (Å²) in [6.07, 6.45) is 0.457. The van der Waals surface area contributed by atoms with Gasteiger partial charge in [0.05, 0.1) is 12.8 Å². The lowest BCUT2D eigenvalue weighted by Gasteiger charge is -2.11. The van der Waals surface area contributed by atoms with Gasteiger partial charge >= 0.3 is 6.61 Å². The number of carbonyl (C=O) groups is 1. The molecule has 0 fully saturated rings.